The summed E-state index contributed by atoms with van der Waals surface area (Å²) in [5.74, 6) is -2.47. The first kappa shape index (κ1) is 35.0. The van der Waals surface area contributed by atoms with Gasteiger partial charge in [-0.2, -0.15) is 0 Å². The fourth-order valence-electron chi connectivity index (χ4n) is 6.25. The van der Waals surface area contributed by atoms with Gasteiger partial charge in [-0.15, -0.1) is 11.3 Å². The summed E-state index contributed by atoms with van der Waals surface area (Å²) in [6.45, 7) is 6.91. The van der Waals surface area contributed by atoms with Gasteiger partial charge in [-0.3, -0.25) is 19.2 Å². The van der Waals surface area contributed by atoms with Crippen LogP contribution in [0.3, 0.4) is 0 Å². The lowest BCUT2D eigenvalue weighted by Crippen LogP contribution is -2.51. The van der Waals surface area contributed by atoms with Crippen molar-refractivity contribution in [3.63, 3.8) is 0 Å². The van der Waals surface area contributed by atoms with Gasteiger partial charge in [-0.1, -0.05) is 23.2 Å². The van der Waals surface area contributed by atoms with Gasteiger partial charge in [0, 0.05) is 44.1 Å². The number of fused-ring (bicyclic) bond motifs is 1. The Bertz CT molecular complexity index is 1590. The molecule has 47 heavy (non-hydrogen) atoms. The molecule has 5 rings (SSSR count). The fourth-order valence-corrected chi connectivity index (χ4v) is 7.69. The number of likely N-dealkylation sites (tertiary alicyclic amines) is 2. The van der Waals surface area contributed by atoms with Crippen LogP contribution in [0, 0.1) is 11.8 Å². The van der Waals surface area contributed by atoms with E-state index in [0.29, 0.717) is 73.9 Å². The summed E-state index contributed by atoms with van der Waals surface area (Å²) < 4.78 is 6.31. The topological polar surface area (TPSA) is 145 Å². The van der Waals surface area contributed by atoms with Gasteiger partial charge >= 0.3 is 12.1 Å². The lowest BCUT2D eigenvalue weighted by atomic mass is 9.94. The van der Waals surface area contributed by atoms with Crippen molar-refractivity contribution in [3.8, 4) is 0 Å². The van der Waals surface area contributed by atoms with E-state index in [0.717, 1.165) is 10.1 Å². The number of ether oxygens (including phenoxy) is 1. The molecule has 254 valence electrons. The zero-order chi connectivity index (χ0) is 34.1. The number of nitrogens with one attached hydrogen (secondary N) is 2. The molecular formula is C33H40Cl2N4O7S. The lowest BCUT2D eigenvalue weighted by molar-refractivity contribution is -0.139. The second kappa shape index (κ2) is 14.0. The highest BCUT2D eigenvalue weighted by molar-refractivity contribution is 7.18. The maximum absolute atomic E-state index is 13.3. The first-order valence-electron chi connectivity index (χ1n) is 15.8. The second-order valence-corrected chi connectivity index (χ2v) is 15.3. The smallest absolute Gasteiger partial charge is 0.410 e. The molecule has 0 radical (unpaired) electrons. The summed E-state index contributed by atoms with van der Waals surface area (Å²) in [5, 5.41) is 19.2. The standard InChI is InChI=1S/C33H40Cl2N4O7S/c1-32(2,3)46-31(45)39-13-8-19(9-14-39)29(43)36-23-17-33(23,18-25(41)42)37-30(44)20-6-11-38(12-7-20)24(40)5-4-21-16-22-10-15-47-28(22)27(35)26(21)34/h4-5,10,15-16,19-20,23H,6-9,11-14,17-18H2,1-3H3,(H,36,43)(H,37,44)(H,41,42)/b5-4+. The van der Waals surface area contributed by atoms with Crippen molar-refractivity contribution in [1.82, 2.24) is 20.4 Å². The van der Waals surface area contributed by atoms with Crippen molar-refractivity contribution in [2.45, 2.75) is 76.5 Å². The van der Waals surface area contributed by atoms with E-state index in [9.17, 15) is 29.1 Å². The number of halogens is 2. The number of hydrogen-bond acceptors (Lipinski definition) is 7. The van der Waals surface area contributed by atoms with Crippen LogP contribution in [0.25, 0.3) is 16.2 Å². The molecule has 1 saturated carbocycles. The third-order valence-corrected chi connectivity index (χ3v) is 10.9. The summed E-state index contributed by atoms with van der Waals surface area (Å²) in [6, 6.07) is 3.32. The normalized spacial score (nSPS) is 22.4. The second-order valence-electron chi connectivity index (χ2n) is 13.6. The van der Waals surface area contributed by atoms with Crippen molar-refractivity contribution in [1.29, 1.82) is 0 Å². The molecule has 14 heteroatoms. The van der Waals surface area contributed by atoms with E-state index >= 15 is 0 Å². The van der Waals surface area contributed by atoms with E-state index in [4.69, 9.17) is 27.9 Å². The molecule has 3 fully saturated rings. The van der Waals surface area contributed by atoms with Crippen molar-refractivity contribution >= 4 is 80.5 Å². The van der Waals surface area contributed by atoms with Crippen molar-refractivity contribution in [2.24, 2.45) is 11.8 Å². The summed E-state index contributed by atoms with van der Waals surface area (Å²) in [7, 11) is 0. The average Bonchev–Trinajstić information content (AvgIpc) is 3.42. The predicted octanol–water partition coefficient (Wildman–Crippen LogP) is 5.33. The monoisotopic (exact) mass is 706 g/mol. The summed E-state index contributed by atoms with van der Waals surface area (Å²) in [6.07, 6.45) is 4.48. The molecule has 11 nitrogen and oxygen atoms in total. The fraction of sp³-hybridized carbons (Fsp3) is 0.545. The third kappa shape index (κ3) is 8.39. The Hall–Kier alpha value is -3.35. The third-order valence-electron chi connectivity index (χ3n) is 8.98. The SMILES string of the molecule is CC(C)(C)OC(=O)N1CCC(C(=O)NC2CC2(CC(=O)O)NC(=O)C2CCN(C(=O)/C=C/c3cc4ccsc4c(Cl)c3Cl)CC2)CC1. The Kier molecular flexibility index (Phi) is 10.4. The van der Waals surface area contributed by atoms with Crippen molar-refractivity contribution < 1.29 is 33.8 Å². The number of carboxylic acid groups (broad SMARTS) is 1. The average molecular weight is 708 g/mol. The lowest BCUT2D eigenvalue weighted by Gasteiger charge is -2.33. The Morgan fingerprint density at radius 1 is 1.00 bits per heavy atom. The van der Waals surface area contributed by atoms with Gasteiger partial charge in [-0.25, -0.2) is 4.79 Å². The van der Waals surface area contributed by atoms with Gasteiger partial charge in [0.2, 0.25) is 17.7 Å². The van der Waals surface area contributed by atoms with Crippen LogP contribution in [0.4, 0.5) is 4.79 Å². The molecule has 1 aromatic heterocycles. The number of carbonyl (C=O) groups is 5. The largest absolute Gasteiger partial charge is 0.481 e. The minimum Gasteiger partial charge on any atom is -0.481 e. The summed E-state index contributed by atoms with van der Waals surface area (Å²) in [4.78, 5) is 66.7. The molecule has 0 bridgehead atoms. The number of benzene rings is 1. The number of rotatable bonds is 8. The molecule has 2 aliphatic heterocycles. The highest BCUT2D eigenvalue weighted by atomic mass is 35.5. The molecule has 1 aliphatic carbocycles. The molecule has 3 heterocycles. The van der Waals surface area contributed by atoms with E-state index in [2.05, 4.69) is 10.6 Å². The van der Waals surface area contributed by atoms with Crippen LogP contribution in [0.15, 0.2) is 23.6 Å². The summed E-state index contributed by atoms with van der Waals surface area (Å²) >= 11 is 14.3. The molecule has 2 aromatic rings. The molecule has 1 aromatic carbocycles. The van der Waals surface area contributed by atoms with Gasteiger partial charge in [0.15, 0.2) is 0 Å². The van der Waals surface area contributed by atoms with Gasteiger partial charge in [0.05, 0.1) is 32.7 Å². The highest BCUT2D eigenvalue weighted by Gasteiger charge is 2.58. The molecule has 0 spiro atoms. The number of aliphatic carboxylic acids is 1. The number of piperidine rings is 2. The quantitative estimate of drug-likeness (QED) is 0.315. The highest BCUT2D eigenvalue weighted by Crippen LogP contribution is 2.41. The van der Waals surface area contributed by atoms with Crippen LogP contribution in [0.5, 0.6) is 0 Å². The van der Waals surface area contributed by atoms with Crippen LogP contribution in [-0.2, 0) is 23.9 Å². The minimum atomic E-state index is -1.07. The number of thiophene rings is 1. The van der Waals surface area contributed by atoms with E-state index in [-0.39, 0.29) is 30.1 Å². The van der Waals surface area contributed by atoms with Crippen LogP contribution < -0.4 is 10.6 Å². The van der Waals surface area contributed by atoms with E-state index in [1.807, 2.05) is 17.5 Å². The first-order chi connectivity index (χ1) is 22.2. The van der Waals surface area contributed by atoms with Crippen LogP contribution in [0.1, 0.15) is 64.9 Å². The Morgan fingerprint density at radius 3 is 2.23 bits per heavy atom. The van der Waals surface area contributed by atoms with Gasteiger partial charge in [0.1, 0.15) is 5.60 Å². The minimum absolute atomic E-state index is 0.203. The van der Waals surface area contributed by atoms with E-state index in [1.165, 1.54) is 17.4 Å². The zero-order valence-corrected chi connectivity index (χ0v) is 29.0. The number of carbonyl (C=O) groups excluding carboxylic acids is 4. The number of amides is 4. The van der Waals surface area contributed by atoms with Crippen molar-refractivity contribution in [3.05, 3.63) is 39.2 Å². The van der Waals surface area contributed by atoms with E-state index in [1.54, 1.807) is 36.6 Å². The number of carboxylic acids is 1. The van der Waals surface area contributed by atoms with Gasteiger partial charge in [-0.05, 0) is 87.4 Å². The summed E-state index contributed by atoms with van der Waals surface area (Å²) in [5.41, 5.74) is -1.02. The zero-order valence-electron chi connectivity index (χ0n) is 26.6. The predicted molar refractivity (Wildman–Crippen MR) is 180 cm³/mol. The Morgan fingerprint density at radius 2 is 1.62 bits per heavy atom. The molecule has 2 unspecified atom stereocenters. The molecule has 2 saturated heterocycles. The molecule has 2 atom stereocenters. The maximum Gasteiger partial charge on any atom is 0.410 e. The van der Waals surface area contributed by atoms with Crippen LogP contribution in [-0.4, -0.2) is 88.1 Å². The van der Waals surface area contributed by atoms with Gasteiger partial charge < -0.3 is 30.3 Å². The number of nitrogens with zero attached hydrogens (tertiary/aromatic N) is 2. The molecule has 3 aliphatic rings. The molecule has 4 amide bonds. The van der Waals surface area contributed by atoms with Crippen molar-refractivity contribution in [2.75, 3.05) is 26.2 Å². The first-order valence-corrected chi connectivity index (χ1v) is 17.4. The Balaban J connectivity index is 1.10. The van der Waals surface area contributed by atoms with E-state index < -0.39 is 35.2 Å². The van der Waals surface area contributed by atoms with Crippen LogP contribution in [0.2, 0.25) is 10.0 Å². The Labute approximate surface area is 287 Å². The number of hydrogen-bond donors (Lipinski definition) is 3. The molecule has 3 N–H and O–H groups in total. The van der Waals surface area contributed by atoms with Gasteiger partial charge in [0.25, 0.3) is 0 Å². The molecular weight excluding hydrogens is 667 g/mol. The van der Waals surface area contributed by atoms with Crippen LogP contribution >= 0.6 is 34.5 Å². The maximum atomic E-state index is 13.3.